The Labute approximate surface area is 117 Å². The fraction of sp³-hybridized carbons (Fsp3) is 0.538. The molecule has 0 aliphatic heterocycles. The van der Waals surface area contributed by atoms with Crippen molar-refractivity contribution in [2.45, 2.75) is 12.8 Å². The first kappa shape index (κ1) is 14.2. The molecule has 0 saturated heterocycles. The molecule has 0 aromatic carbocycles. The van der Waals surface area contributed by atoms with E-state index >= 15 is 0 Å². The van der Waals surface area contributed by atoms with Crippen molar-refractivity contribution in [3.05, 3.63) is 17.8 Å². The molecular weight excluding hydrogens is 260 g/mol. The molecule has 0 spiro atoms. The van der Waals surface area contributed by atoms with Crippen LogP contribution < -0.4 is 4.90 Å². The van der Waals surface area contributed by atoms with Gasteiger partial charge in [-0.2, -0.15) is 0 Å². The highest BCUT2D eigenvalue weighted by atomic mass is 16.4. The van der Waals surface area contributed by atoms with Gasteiger partial charge in [0.15, 0.2) is 11.5 Å². The van der Waals surface area contributed by atoms with Crippen molar-refractivity contribution in [3.8, 4) is 0 Å². The lowest BCUT2D eigenvalue weighted by Crippen LogP contribution is -2.32. The summed E-state index contributed by atoms with van der Waals surface area (Å²) in [5.74, 6) is -0.0919. The lowest BCUT2D eigenvalue weighted by Gasteiger charge is -2.21. The van der Waals surface area contributed by atoms with Gasteiger partial charge in [-0.15, -0.1) is 10.2 Å². The summed E-state index contributed by atoms with van der Waals surface area (Å²) < 4.78 is 0. The van der Waals surface area contributed by atoms with Crippen molar-refractivity contribution in [1.29, 1.82) is 0 Å². The topological polar surface area (TPSA) is 86.6 Å². The van der Waals surface area contributed by atoms with Gasteiger partial charge in [-0.25, -0.2) is 0 Å². The maximum Gasteiger partial charge on any atom is 0.323 e. The third-order valence-corrected chi connectivity index (χ3v) is 3.10. The highest BCUT2D eigenvalue weighted by molar-refractivity contribution is 5.91. The monoisotopic (exact) mass is 278 g/mol. The van der Waals surface area contributed by atoms with Gasteiger partial charge in [-0.05, 0) is 30.9 Å². The number of carbonyl (C=O) groups is 2. The Morgan fingerprint density at radius 1 is 1.30 bits per heavy atom. The number of hydrogen-bond acceptors (Lipinski definition) is 5. The zero-order valence-corrected chi connectivity index (χ0v) is 11.6. The molecular formula is C13H18N4O3. The number of hydrogen-bond donors (Lipinski definition) is 1. The van der Waals surface area contributed by atoms with Crippen LogP contribution in [0.3, 0.4) is 0 Å². The molecule has 7 heteroatoms. The quantitative estimate of drug-likeness (QED) is 0.814. The van der Waals surface area contributed by atoms with Gasteiger partial charge in [-0.1, -0.05) is 0 Å². The van der Waals surface area contributed by atoms with E-state index in [0.717, 1.165) is 12.8 Å². The van der Waals surface area contributed by atoms with Gasteiger partial charge in [0, 0.05) is 20.6 Å². The van der Waals surface area contributed by atoms with E-state index in [9.17, 15) is 9.59 Å². The lowest BCUT2D eigenvalue weighted by molar-refractivity contribution is -0.135. The van der Waals surface area contributed by atoms with E-state index in [1.54, 1.807) is 31.1 Å². The third kappa shape index (κ3) is 3.66. The smallest absolute Gasteiger partial charge is 0.323 e. The molecule has 1 heterocycles. The number of aromatic nitrogens is 2. The molecule has 1 aromatic rings. The molecule has 20 heavy (non-hydrogen) atoms. The van der Waals surface area contributed by atoms with Crippen LogP contribution in [0.15, 0.2) is 12.1 Å². The molecule has 1 aliphatic rings. The Bertz CT molecular complexity index is 497. The number of carboxylic acid groups (broad SMARTS) is 1. The highest BCUT2D eigenvalue weighted by Gasteiger charge is 2.26. The molecule has 0 bridgehead atoms. The second kappa shape index (κ2) is 5.85. The van der Waals surface area contributed by atoms with Crippen LogP contribution >= 0.6 is 0 Å². The Balaban J connectivity index is 2.12. The predicted molar refractivity (Wildman–Crippen MR) is 72.6 cm³/mol. The normalized spacial score (nSPS) is 13.9. The molecule has 108 valence electrons. The minimum Gasteiger partial charge on any atom is -0.480 e. The molecule has 1 fully saturated rings. The van der Waals surface area contributed by atoms with Gasteiger partial charge in [0.05, 0.1) is 0 Å². The first-order chi connectivity index (χ1) is 9.47. The number of carboxylic acids is 1. The predicted octanol–water partition coefficient (Wildman–Crippen LogP) is 0.479. The summed E-state index contributed by atoms with van der Waals surface area (Å²) >= 11 is 0. The van der Waals surface area contributed by atoms with E-state index in [1.807, 2.05) is 0 Å². The van der Waals surface area contributed by atoms with E-state index in [4.69, 9.17) is 5.11 Å². The fourth-order valence-electron chi connectivity index (χ4n) is 1.85. The van der Waals surface area contributed by atoms with E-state index in [1.165, 1.54) is 4.90 Å². The maximum atomic E-state index is 11.7. The van der Waals surface area contributed by atoms with Gasteiger partial charge in [0.2, 0.25) is 0 Å². The average molecular weight is 278 g/mol. The SMILES string of the molecule is CN(C)C(=O)c1ccc(N(CC(=O)O)CC2CC2)nn1. The van der Waals surface area contributed by atoms with Gasteiger partial charge in [0.1, 0.15) is 6.54 Å². The first-order valence-electron chi connectivity index (χ1n) is 6.49. The molecule has 2 rings (SSSR count). The highest BCUT2D eigenvalue weighted by Crippen LogP contribution is 2.30. The largest absolute Gasteiger partial charge is 0.480 e. The zero-order chi connectivity index (χ0) is 14.7. The van der Waals surface area contributed by atoms with Crippen LogP contribution in [0.5, 0.6) is 0 Å². The maximum absolute atomic E-state index is 11.7. The fourth-order valence-corrected chi connectivity index (χ4v) is 1.85. The molecule has 1 aromatic heterocycles. The number of amides is 1. The Morgan fingerprint density at radius 2 is 2.00 bits per heavy atom. The van der Waals surface area contributed by atoms with E-state index in [0.29, 0.717) is 18.3 Å². The summed E-state index contributed by atoms with van der Waals surface area (Å²) in [5.41, 5.74) is 0.250. The minimum atomic E-state index is -0.902. The van der Waals surface area contributed by atoms with Crippen LogP contribution in [0.25, 0.3) is 0 Å². The van der Waals surface area contributed by atoms with Crippen LogP contribution in [-0.4, -0.2) is 59.3 Å². The lowest BCUT2D eigenvalue weighted by atomic mass is 10.3. The number of aliphatic carboxylic acids is 1. The van der Waals surface area contributed by atoms with Crippen LogP contribution in [-0.2, 0) is 4.79 Å². The van der Waals surface area contributed by atoms with Crippen molar-refractivity contribution in [1.82, 2.24) is 15.1 Å². The number of rotatable bonds is 6. The molecule has 0 radical (unpaired) electrons. The van der Waals surface area contributed by atoms with Gasteiger partial charge < -0.3 is 14.9 Å². The molecule has 7 nitrogen and oxygen atoms in total. The van der Waals surface area contributed by atoms with Crippen LogP contribution in [0.1, 0.15) is 23.3 Å². The van der Waals surface area contributed by atoms with Crippen molar-refractivity contribution < 1.29 is 14.7 Å². The molecule has 1 amide bonds. The molecule has 1 aliphatic carbocycles. The second-order valence-electron chi connectivity index (χ2n) is 5.19. The Hall–Kier alpha value is -2.18. The van der Waals surface area contributed by atoms with Crippen molar-refractivity contribution in [2.24, 2.45) is 5.92 Å². The summed E-state index contributed by atoms with van der Waals surface area (Å²) in [5, 5.41) is 16.8. The molecule has 1 N–H and O–H groups in total. The van der Waals surface area contributed by atoms with Gasteiger partial charge in [-0.3, -0.25) is 9.59 Å². The summed E-state index contributed by atoms with van der Waals surface area (Å²) in [6, 6.07) is 3.22. The average Bonchev–Trinajstić information content (AvgIpc) is 3.20. The van der Waals surface area contributed by atoms with Crippen molar-refractivity contribution in [2.75, 3.05) is 32.1 Å². The summed E-state index contributed by atoms with van der Waals surface area (Å²) in [6.45, 7) is 0.564. The van der Waals surface area contributed by atoms with E-state index in [2.05, 4.69) is 10.2 Å². The van der Waals surface area contributed by atoms with Crippen molar-refractivity contribution in [3.63, 3.8) is 0 Å². The van der Waals surface area contributed by atoms with Crippen LogP contribution in [0.2, 0.25) is 0 Å². The Morgan fingerprint density at radius 3 is 2.45 bits per heavy atom. The number of anilines is 1. The number of nitrogens with zero attached hydrogens (tertiary/aromatic N) is 4. The van der Waals surface area contributed by atoms with Crippen molar-refractivity contribution >= 4 is 17.7 Å². The van der Waals surface area contributed by atoms with E-state index in [-0.39, 0.29) is 18.1 Å². The number of carbonyl (C=O) groups excluding carboxylic acids is 1. The van der Waals surface area contributed by atoms with Crippen LogP contribution in [0.4, 0.5) is 5.82 Å². The zero-order valence-electron chi connectivity index (χ0n) is 11.6. The van der Waals surface area contributed by atoms with Gasteiger partial charge in [0.25, 0.3) is 5.91 Å². The molecule has 0 atom stereocenters. The second-order valence-corrected chi connectivity index (χ2v) is 5.19. The standard InChI is InChI=1S/C13H18N4O3/c1-16(2)13(20)10-5-6-11(15-14-10)17(8-12(18)19)7-9-3-4-9/h5-6,9H,3-4,7-8H2,1-2H3,(H,18,19). The summed E-state index contributed by atoms with van der Waals surface area (Å²) in [6.07, 6.45) is 2.25. The van der Waals surface area contributed by atoms with E-state index < -0.39 is 5.97 Å². The van der Waals surface area contributed by atoms with Gasteiger partial charge >= 0.3 is 5.97 Å². The summed E-state index contributed by atoms with van der Waals surface area (Å²) in [7, 11) is 3.28. The van der Waals surface area contributed by atoms with Crippen LogP contribution in [0, 0.1) is 5.92 Å². The summed E-state index contributed by atoms with van der Waals surface area (Å²) in [4.78, 5) is 25.7. The third-order valence-electron chi connectivity index (χ3n) is 3.10. The molecule has 1 saturated carbocycles. The molecule has 0 unspecified atom stereocenters. The first-order valence-corrected chi connectivity index (χ1v) is 6.49. The Kier molecular flexibility index (Phi) is 4.16. The minimum absolute atomic E-state index is 0.105.